The van der Waals surface area contributed by atoms with Crippen molar-refractivity contribution in [3.63, 3.8) is 0 Å². The normalized spacial score (nSPS) is 14.2. The van der Waals surface area contributed by atoms with Gasteiger partial charge >= 0.3 is 11.9 Å². The summed E-state index contributed by atoms with van der Waals surface area (Å²) in [4.78, 5) is 23.4. The van der Waals surface area contributed by atoms with Crippen LogP contribution in [0.15, 0.2) is 15.9 Å². The van der Waals surface area contributed by atoms with Crippen molar-refractivity contribution in [3.8, 4) is 0 Å². The van der Waals surface area contributed by atoms with Crippen molar-refractivity contribution in [1.82, 2.24) is 0 Å². The van der Waals surface area contributed by atoms with Gasteiger partial charge in [0.1, 0.15) is 0 Å². The number of carbonyl (C=O) groups excluding carboxylic acids is 1. The van der Waals surface area contributed by atoms with E-state index in [4.69, 9.17) is 5.11 Å². The van der Waals surface area contributed by atoms with Crippen LogP contribution in [-0.4, -0.2) is 24.2 Å². The van der Waals surface area contributed by atoms with Gasteiger partial charge in [-0.1, -0.05) is 0 Å². The van der Waals surface area contributed by atoms with Crippen molar-refractivity contribution in [3.05, 3.63) is 20.8 Å². The first-order valence-electron chi connectivity index (χ1n) is 4.46. The number of rotatable bonds is 4. The second-order valence-electron chi connectivity index (χ2n) is 3.51. The quantitative estimate of drug-likeness (QED) is 0.685. The molecule has 1 heterocycles. The molecule has 1 aromatic heterocycles. The lowest BCUT2D eigenvalue weighted by Crippen LogP contribution is -2.39. The van der Waals surface area contributed by atoms with Crippen molar-refractivity contribution < 1.29 is 19.4 Å². The Morgan fingerprint density at radius 3 is 2.56 bits per heavy atom. The molecule has 1 rings (SSSR count). The lowest BCUT2D eigenvalue weighted by atomic mass is 9.86. The minimum Gasteiger partial charge on any atom is -0.480 e. The highest BCUT2D eigenvalue weighted by atomic mass is 79.9. The largest absolute Gasteiger partial charge is 0.480 e. The number of aliphatic carboxylic acids is 1. The van der Waals surface area contributed by atoms with Crippen LogP contribution in [0.1, 0.15) is 11.8 Å². The van der Waals surface area contributed by atoms with Crippen LogP contribution in [0.2, 0.25) is 0 Å². The van der Waals surface area contributed by atoms with Crippen LogP contribution in [0.4, 0.5) is 0 Å². The van der Waals surface area contributed by atoms with E-state index < -0.39 is 17.4 Å². The number of methoxy groups -OCH3 is 1. The summed E-state index contributed by atoms with van der Waals surface area (Å²) >= 11 is 4.69. The molecule has 1 atom stereocenters. The standard InChI is InChI=1S/C10H11BrO4S/c1-10(8(12)13,9(14)15-2)5-6-3-4-7(11)16-6/h3-4H,5H2,1-2H3,(H,12,13). The van der Waals surface area contributed by atoms with Gasteiger partial charge in [0.2, 0.25) is 0 Å². The van der Waals surface area contributed by atoms with Crippen molar-refractivity contribution >= 4 is 39.2 Å². The van der Waals surface area contributed by atoms with E-state index in [1.54, 1.807) is 6.07 Å². The monoisotopic (exact) mass is 306 g/mol. The van der Waals surface area contributed by atoms with Gasteiger partial charge in [0.05, 0.1) is 10.9 Å². The van der Waals surface area contributed by atoms with E-state index in [9.17, 15) is 9.59 Å². The van der Waals surface area contributed by atoms with Crippen LogP contribution in [-0.2, 0) is 20.7 Å². The first kappa shape index (κ1) is 13.2. The summed E-state index contributed by atoms with van der Waals surface area (Å²) in [5, 5.41) is 9.09. The average molecular weight is 307 g/mol. The number of carbonyl (C=O) groups is 2. The molecule has 0 amide bonds. The maximum absolute atomic E-state index is 11.5. The molecule has 1 unspecified atom stereocenters. The predicted octanol–water partition coefficient (Wildman–Crippen LogP) is 2.32. The number of halogens is 1. The SMILES string of the molecule is COC(=O)C(C)(Cc1ccc(Br)s1)C(=O)O. The smallest absolute Gasteiger partial charge is 0.323 e. The van der Waals surface area contributed by atoms with Crippen LogP contribution >= 0.6 is 27.3 Å². The Balaban J connectivity index is 2.96. The summed E-state index contributed by atoms with van der Waals surface area (Å²) in [5.74, 6) is -1.91. The molecule has 0 bridgehead atoms. The molecule has 16 heavy (non-hydrogen) atoms. The minimum atomic E-state index is -1.53. The van der Waals surface area contributed by atoms with Gasteiger partial charge in [0, 0.05) is 11.3 Å². The van der Waals surface area contributed by atoms with E-state index in [1.807, 2.05) is 6.07 Å². The number of carboxylic acid groups (broad SMARTS) is 1. The predicted molar refractivity (Wildman–Crippen MR) is 63.5 cm³/mol. The highest BCUT2D eigenvalue weighted by molar-refractivity contribution is 9.11. The number of carboxylic acids is 1. The topological polar surface area (TPSA) is 63.6 Å². The molecule has 0 spiro atoms. The molecule has 0 aliphatic heterocycles. The molecule has 0 aliphatic carbocycles. The third-order valence-corrected chi connectivity index (χ3v) is 3.89. The summed E-state index contributed by atoms with van der Waals surface area (Å²) in [6.45, 7) is 1.37. The van der Waals surface area contributed by atoms with Crippen molar-refractivity contribution in [1.29, 1.82) is 0 Å². The number of hydrogen-bond acceptors (Lipinski definition) is 4. The zero-order chi connectivity index (χ0) is 12.3. The van der Waals surface area contributed by atoms with Gasteiger partial charge in [-0.25, -0.2) is 0 Å². The van der Waals surface area contributed by atoms with E-state index in [0.717, 1.165) is 8.66 Å². The molecular weight excluding hydrogens is 296 g/mol. The van der Waals surface area contributed by atoms with E-state index in [-0.39, 0.29) is 6.42 Å². The Labute approximate surface area is 105 Å². The molecule has 0 radical (unpaired) electrons. The summed E-state index contributed by atoms with van der Waals surface area (Å²) in [6, 6.07) is 3.61. The van der Waals surface area contributed by atoms with Crippen LogP contribution < -0.4 is 0 Å². The molecule has 0 aromatic carbocycles. The highest BCUT2D eigenvalue weighted by Gasteiger charge is 2.43. The molecule has 0 fully saturated rings. The average Bonchev–Trinajstić information content (AvgIpc) is 2.62. The van der Waals surface area contributed by atoms with Gasteiger partial charge in [0.25, 0.3) is 0 Å². The highest BCUT2D eigenvalue weighted by Crippen LogP contribution is 2.30. The Kier molecular flexibility index (Phi) is 4.09. The first-order valence-corrected chi connectivity index (χ1v) is 6.07. The molecular formula is C10H11BrO4S. The molecule has 0 saturated heterocycles. The Hall–Kier alpha value is -0.880. The fourth-order valence-corrected chi connectivity index (χ4v) is 2.89. The van der Waals surface area contributed by atoms with Gasteiger partial charge in [-0.15, -0.1) is 11.3 Å². The fraction of sp³-hybridized carbons (Fsp3) is 0.400. The summed E-state index contributed by atoms with van der Waals surface area (Å²) in [5.41, 5.74) is -1.53. The van der Waals surface area contributed by atoms with Gasteiger partial charge in [-0.2, -0.15) is 0 Å². The first-order chi connectivity index (χ1) is 7.40. The molecule has 0 saturated carbocycles. The Morgan fingerprint density at radius 2 is 2.19 bits per heavy atom. The van der Waals surface area contributed by atoms with E-state index in [1.165, 1.54) is 25.4 Å². The molecule has 4 nitrogen and oxygen atoms in total. The lowest BCUT2D eigenvalue weighted by Gasteiger charge is -2.20. The summed E-state index contributed by atoms with van der Waals surface area (Å²) in [6.07, 6.45) is 0.130. The van der Waals surface area contributed by atoms with E-state index in [2.05, 4.69) is 20.7 Å². The second-order valence-corrected chi connectivity index (χ2v) is 6.06. The van der Waals surface area contributed by atoms with Crippen molar-refractivity contribution in [2.45, 2.75) is 13.3 Å². The zero-order valence-electron chi connectivity index (χ0n) is 8.82. The van der Waals surface area contributed by atoms with Crippen LogP contribution in [0.5, 0.6) is 0 Å². The van der Waals surface area contributed by atoms with Gasteiger partial charge < -0.3 is 9.84 Å². The molecule has 0 aliphatic rings. The molecule has 1 aromatic rings. The van der Waals surface area contributed by atoms with Crippen LogP contribution in [0.3, 0.4) is 0 Å². The number of esters is 1. The van der Waals surface area contributed by atoms with Crippen molar-refractivity contribution in [2.75, 3.05) is 7.11 Å². The minimum absolute atomic E-state index is 0.130. The summed E-state index contributed by atoms with van der Waals surface area (Å²) < 4.78 is 5.43. The molecule has 1 N–H and O–H groups in total. The maximum atomic E-state index is 11.5. The third-order valence-electron chi connectivity index (χ3n) is 2.26. The second kappa shape index (κ2) is 4.97. The maximum Gasteiger partial charge on any atom is 0.323 e. The van der Waals surface area contributed by atoms with Crippen LogP contribution in [0, 0.1) is 5.41 Å². The van der Waals surface area contributed by atoms with Gasteiger partial charge in [-0.3, -0.25) is 9.59 Å². The fourth-order valence-electron chi connectivity index (χ4n) is 1.26. The number of ether oxygens (including phenoxy) is 1. The summed E-state index contributed by atoms with van der Waals surface area (Å²) in [7, 11) is 1.19. The van der Waals surface area contributed by atoms with E-state index in [0.29, 0.717) is 0 Å². The van der Waals surface area contributed by atoms with Gasteiger partial charge in [0.15, 0.2) is 5.41 Å². The lowest BCUT2D eigenvalue weighted by molar-refractivity contribution is -0.165. The third kappa shape index (κ3) is 2.62. The number of thiophene rings is 1. The van der Waals surface area contributed by atoms with E-state index >= 15 is 0 Å². The molecule has 88 valence electrons. The van der Waals surface area contributed by atoms with Crippen LogP contribution in [0.25, 0.3) is 0 Å². The molecule has 6 heteroatoms. The number of hydrogen-bond donors (Lipinski definition) is 1. The zero-order valence-corrected chi connectivity index (χ0v) is 11.2. The van der Waals surface area contributed by atoms with Gasteiger partial charge in [-0.05, 0) is 35.0 Å². The Bertz CT molecular complexity index is 415. The van der Waals surface area contributed by atoms with Crippen molar-refractivity contribution in [2.24, 2.45) is 5.41 Å². The Morgan fingerprint density at radius 1 is 1.56 bits per heavy atom.